The molecule has 0 amide bonds. The van der Waals surface area contributed by atoms with Crippen molar-refractivity contribution >= 4 is 0 Å². The third-order valence-corrected chi connectivity index (χ3v) is 3.61. The minimum Gasteiger partial charge on any atom is -0.390 e. The van der Waals surface area contributed by atoms with Gasteiger partial charge in [0.1, 0.15) is 0 Å². The highest BCUT2D eigenvalue weighted by Gasteiger charge is 2.48. The van der Waals surface area contributed by atoms with E-state index in [0.717, 1.165) is 12.8 Å². The van der Waals surface area contributed by atoms with E-state index in [-0.39, 0.29) is 5.41 Å². The normalized spacial score (nSPS) is 41.1. The summed E-state index contributed by atoms with van der Waals surface area (Å²) in [5.41, 5.74) is 0.00854. The van der Waals surface area contributed by atoms with Gasteiger partial charge in [-0.2, -0.15) is 0 Å². The van der Waals surface area contributed by atoms with Crippen molar-refractivity contribution < 1.29 is 5.11 Å². The zero-order valence-electron chi connectivity index (χ0n) is 9.78. The van der Waals surface area contributed by atoms with E-state index in [1.807, 2.05) is 6.92 Å². The summed E-state index contributed by atoms with van der Waals surface area (Å²) in [6.45, 7) is 11.0. The fourth-order valence-electron chi connectivity index (χ4n) is 2.84. The van der Waals surface area contributed by atoms with Gasteiger partial charge in [-0.1, -0.05) is 27.7 Å². The fourth-order valence-corrected chi connectivity index (χ4v) is 2.84. The molecule has 0 aliphatic heterocycles. The van der Waals surface area contributed by atoms with Gasteiger partial charge in [0, 0.05) is 0 Å². The number of hydrogen-bond acceptors (Lipinski definition) is 1. The lowest BCUT2D eigenvalue weighted by atomic mass is 9.67. The largest absolute Gasteiger partial charge is 0.390 e. The lowest BCUT2D eigenvalue weighted by Gasteiger charge is -2.41. The monoisotopic (exact) mass is 184 g/mol. The molecule has 0 aromatic carbocycles. The maximum atomic E-state index is 10.3. The predicted molar refractivity (Wildman–Crippen MR) is 56.7 cm³/mol. The molecule has 1 rings (SSSR count). The Hall–Kier alpha value is -0.0400. The molecular weight excluding hydrogens is 160 g/mol. The smallest absolute Gasteiger partial charge is 0.0673 e. The summed E-state index contributed by atoms with van der Waals surface area (Å²) >= 11 is 0. The van der Waals surface area contributed by atoms with E-state index in [9.17, 15) is 5.11 Å². The molecule has 13 heavy (non-hydrogen) atoms. The summed E-state index contributed by atoms with van der Waals surface area (Å²) in [6, 6.07) is 0. The molecule has 0 bridgehead atoms. The molecule has 1 fully saturated rings. The van der Waals surface area contributed by atoms with Gasteiger partial charge < -0.3 is 5.11 Å². The maximum absolute atomic E-state index is 10.3. The first-order valence-electron chi connectivity index (χ1n) is 5.39. The van der Waals surface area contributed by atoms with Crippen LogP contribution in [-0.4, -0.2) is 10.7 Å². The van der Waals surface area contributed by atoms with Crippen molar-refractivity contribution in [2.24, 2.45) is 10.8 Å². The molecular formula is C12H24O. The highest BCUT2D eigenvalue weighted by molar-refractivity contribution is 4.99. The van der Waals surface area contributed by atoms with E-state index < -0.39 is 5.60 Å². The Bertz CT molecular complexity index is 188. The Labute approximate surface area is 82.5 Å². The zero-order chi connectivity index (χ0) is 10.3. The quantitative estimate of drug-likeness (QED) is 0.662. The van der Waals surface area contributed by atoms with Crippen LogP contribution in [0.15, 0.2) is 0 Å². The van der Waals surface area contributed by atoms with Crippen molar-refractivity contribution in [3.63, 3.8) is 0 Å². The van der Waals surface area contributed by atoms with Crippen LogP contribution < -0.4 is 0 Å². The molecule has 1 saturated carbocycles. The van der Waals surface area contributed by atoms with E-state index >= 15 is 0 Å². The minimum absolute atomic E-state index is 0.130. The molecule has 1 N–H and O–H groups in total. The van der Waals surface area contributed by atoms with Gasteiger partial charge in [-0.25, -0.2) is 0 Å². The van der Waals surface area contributed by atoms with Gasteiger partial charge in [0.15, 0.2) is 0 Å². The summed E-state index contributed by atoms with van der Waals surface area (Å²) in [5, 5.41) is 10.3. The van der Waals surface area contributed by atoms with Crippen LogP contribution in [0.1, 0.15) is 60.3 Å². The Morgan fingerprint density at radius 2 is 1.69 bits per heavy atom. The van der Waals surface area contributed by atoms with Gasteiger partial charge in [0.05, 0.1) is 5.60 Å². The number of hydrogen-bond donors (Lipinski definition) is 1. The van der Waals surface area contributed by atoms with Crippen LogP contribution in [-0.2, 0) is 0 Å². The average Bonchev–Trinajstić information content (AvgIpc) is 2.02. The van der Waals surface area contributed by atoms with Gasteiger partial charge in [-0.3, -0.25) is 0 Å². The van der Waals surface area contributed by atoms with Crippen LogP contribution in [0.2, 0.25) is 0 Å². The lowest BCUT2D eigenvalue weighted by molar-refractivity contribution is -0.0551. The first kappa shape index (κ1) is 11.0. The topological polar surface area (TPSA) is 20.2 Å². The molecule has 78 valence electrons. The molecule has 0 aromatic heterocycles. The van der Waals surface area contributed by atoms with Crippen LogP contribution in [0.4, 0.5) is 0 Å². The molecule has 0 spiro atoms. The highest BCUT2D eigenvalue weighted by atomic mass is 16.3. The minimum atomic E-state index is -0.444. The van der Waals surface area contributed by atoms with Gasteiger partial charge in [-0.15, -0.1) is 0 Å². The molecule has 1 aliphatic carbocycles. The molecule has 1 nitrogen and oxygen atoms in total. The first-order valence-corrected chi connectivity index (χ1v) is 5.39. The summed E-state index contributed by atoms with van der Waals surface area (Å²) in [6.07, 6.45) is 4.45. The van der Waals surface area contributed by atoms with Gasteiger partial charge >= 0.3 is 0 Å². The van der Waals surface area contributed by atoms with Crippen LogP contribution in [0.3, 0.4) is 0 Å². The van der Waals surface area contributed by atoms with Crippen molar-refractivity contribution in [3.05, 3.63) is 0 Å². The van der Waals surface area contributed by atoms with E-state index in [2.05, 4.69) is 27.7 Å². The van der Waals surface area contributed by atoms with Gasteiger partial charge in [0.2, 0.25) is 0 Å². The Morgan fingerprint density at radius 1 is 1.15 bits per heavy atom. The Morgan fingerprint density at radius 3 is 2.00 bits per heavy atom. The van der Waals surface area contributed by atoms with Crippen LogP contribution in [0, 0.1) is 10.8 Å². The van der Waals surface area contributed by atoms with Gasteiger partial charge in [-0.05, 0) is 43.4 Å². The van der Waals surface area contributed by atoms with Crippen LogP contribution in [0.5, 0.6) is 0 Å². The van der Waals surface area contributed by atoms with Crippen molar-refractivity contribution in [3.8, 4) is 0 Å². The third-order valence-electron chi connectivity index (χ3n) is 3.61. The molecule has 2 unspecified atom stereocenters. The molecule has 0 saturated heterocycles. The Kier molecular flexibility index (Phi) is 2.53. The number of aliphatic hydroxyl groups is 1. The van der Waals surface area contributed by atoms with E-state index in [0.29, 0.717) is 5.41 Å². The Balaban J connectivity index is 2.76. The standard InChI is InChI=1S/C12H24O/c1-10(2,3)9-11(4)7-6-8-12(11,5)13/h13H,6-9H2,1-5H3. The maximum Gasteiger partial charge on any atom is 0.0673 e. The summed E-state index contributed by atoms with van der Waals surface area (Å²) in [5.74, 6) is 0. The molecule has 0 radical (unpaired) electrons. The van der Waals surface area contributed by atoms with E-state index in [1.54, 1.807) is 0 Å². The molecule has 0 heterocycles. The highest BCUT2D eigenvalue weighted by Crippen LogP contribution is 2.51. The van der Waals surface area contributed by atoms with E-state index in [1.165, 1.54) is 12.8 Å². The fraction of sp³-hybridized carbons (Fsp3) is 1.00. The third kappa shape index (κ3) is 2.25. The molecule has 0 aromatic rings. The average molecular weight is 184 g/mol. The zero-order valence-corrected chi connectivity index (χ0v) is 9.78. The molecule has 1 aliphatic rings. The predicted octanol–water partition coefficient (Wildman–Crippen LogP) is 3.36. The summed E-state index contributed by atoms with van der Waals surface area (Å²) in [7, 11) is 0. The van der Waals surface area contributed by atoms with Crippen LogP contribution >= 0.6 is 0 Å². The first-order chi connectivity index (χ1) is 5.66. The SMILES string of the molecule is CC(C)(C)CC1(C)CCCC1(C)O. The second kappa shape index (κ2) is 2.98. The van der Waals surface area contributed by atoms with E-state index in [4.69, 9.17) is 0 Å². The van der Waals surface area contributed by atoms with Crippen molar-refractivity contribution in [1.29, 1.82) is 0 Å². The summed E-state index contributed by atoms with van der Waals surface area (Å²) < 4.78 is 0. The van der Waals surface area contributed by atoms with Gasteiger partial charge in [0.25, 0.3) is 0 Å². The molecule has 1 heteroatoms. The van der Waals surface area contributed by atoms with Crippen molar-refractivity contribution in [2.75, 3.05) is 0 Å². The summed E-state index contributed by atoms with van der Waals surface area (Å²) in [4.78, 5) is 0. The second-order valence-electron chi connectivity index (χ2n) is 6.43. The van der Waals surface area contributed by atoms with Crippen molar-refractivity contribution in [1.82, 2.24) is 0 Å². The lowest BCUT2D eigenvalue weighted by Crippen LogP contribution is -2.41. The number of rotatable bonds is 1. The van der Waals surface area contributed by atoms with Crippen LogP contribution in [0.25, 0.3) is 0 Å². The molecule has 2 atom stereocenters. The second-order valence-corrected chi connectivity index (χ2v) is 6.43. The van der Waals surface area contributed by atoms with Crippen molar-refractivity contribution in [2.45, 2.75) is 65.9 Å².